The van der Waals surface area contributed by atoms with Crippen molar-refractivity contribution in [3.05, 3.63) is 76.5 Å². The van der Waals surface area contributed by atoms with Crippen LogP contribution in [0.3, 0.4) is 0 Å². The van der Waals surface area contributed by atoms with Crippen LogP contribution in [0.15, 0.2) is 65.4 Å². The fraction of sp³-hybridized carbons (Fsp3) is 0.357. The van der Waals surface area contributed by atoms with Gasteiger partial charge in [0.1, 0.15) is 6.61 Å². The molecule has 0 radical (unpaired) electrons. The monoisotopic (exact) mass is 461 g/mol. The molecular formula is C28H31NO5. The number of amides is 1. The maximum absolute atomic E-state index is 13.5. The first-order valence-electron chi connectivity index (χ1n) is 11.7. The third kappa shape index (κ3) is 4.86. The highest BCUT2D eigenvalue weighted by Crippen LogP contribution is 2.38. The SMILES string of the molecule is COC(=O)C1=C(C)N(C2CCCCC2)C(=O)/C1=C\c1ccc(OCc2ccccc2)c(OC)c1. The lowest BCUT2D eigenvalue weighted by Gasteiger charge is -2.32. The van der Waals surface area contributed by atoms with Gasteiger partial charge in [0.15, 0.2) is 11.5 Å². The molecule has 1 amide bonds. The first-order chi connectivity index (χ1) is 16.5. The number of nitrogens with zero attached hydrogens (tertiary/aromatic N) is 1. The van der Waals surface area contributed by atoms with Crippen molar-refractivity contribution in [1.82, 2.24) is 4.90 Å². The van der Waals surface area contributed by atoms with Crippen LogP contribution >= 0.6 is 0 Å². The van der Waals surface area contributed by atoms with Crippen LogP contribution < -0.4 is 9.47 Å². The molecule has 0 atom stereocenters. The lowest BCUT2D eigenvalue weighted by molar-refractivity contribution is -0.136. The zero-order valence-corrected chi connectivity index (χ0v) is 20.0. The van der Waals surface area contributed by atoms with Gasteiger partial charge in [0.2, 0.25) is 0 Å². The Morgan fingerprint density at radius 1 is 1.03 bits per heavy atom. The Labute approximate surface area is 200 Å². The fourth-order valence-electron chi connectivity index (χ4n) is 4.77. The standard InChI is InChI=1S/C28H31NO5/c1-19-26(28(31)33-3)23(27(30)29(19)22-12-8-5-9-13-22)16-21-14-15-24(25(17-21)32-2)34-18-20-10-6-4-7-11-20/h4,6-7,10-11,14-17,22H,5,8-9,12-13,18H2,1-3H3/b23-16-. The van der Waals surface area contributed by atoms with Crippen LogP contribution in [-0.4, -0.2) is 37.0 Å². The summed E-state index contributed by atoms with van der Waals surface area (Å²) in [7, 11) is 2.92. The summed E-state index contributed by atoms with van der Waals surface area (Å²) in [6.07, 6.45) is 7.01. The lowest BCUT2D eigenvalue weighted by atomic mass is 9.94. The van der Waals surface area contributed by atoms with Gasteiger partial charge < -0.3 is 19.1 Å². The average Bonchev–Trinajstić information content (AvgIpc) is 3.12. The van der Waals surface area contributed by atoms with Gasteiger partial charge in [-0.25, -0.2) is 4.79 Å². The van der Waals surface area contributed by atoms with Crippen molar-refractivity contribution in [2.45, 2.75) is 51.7 Å². The number of hydrogen-bond donors (Lipinski definition) is 0. The molecule has 1 aliphatic heterocycles. The number of ether oxygens (including phenoxy) is 3. The number of rotatable bonds is 7. The van der Waals surface area contributed by atoms with Gasteiger partial charge in [-0.2, -0.15) is 0 Å². The van der Waals surface area contributed by atoms with Crippen molar-refractivity contribution in [1.29, 1.82) is 0 Å². The molecule has 0 bridgehead atoms. The van der Waals surface area contributed by atoms with E-state index < -0.39 is 5.97 Å². The molecule has 1 saturated carbocycles. The van der Waals surface area contributed by atoms with E-state index in [1.165, 1.54) is 13.5 Å². The minimum Gasteiger partial charge on any atom is -0.493 e. The van der Waals surface area contributed by atoms with Crippen LogP contribution in [0, 0.1) is 0 Å². The molecule has 1 fully saturated rings. The second-order valence-corrected chi connectivity index (χ2v) is 8.66. The van der Waals surface area contributed by atoms with Crippen LogP contribution in [0.4, 0.5) is 0 Å². The highest BCUT2D eigenvalue weighted by molar-refractivity contribution is 6.16. The van der Waals surface area contributed by atoms with Gasteiger partial charge in [0.05, 0.1) is 25.4 Å². The van der Waals surface area contributed by atoms with E-state index in [4.69, 9.17) is 14.2 Å². The number of hydrogen-bond acceptors (Lipinski definition) is 5. The Hall–Kier alpha value is -3.54. The number of benzene rings is 2. The molecule has 0 saturated heterocycles. The van der Waals surface area contributed by atoms with Gasteiger partial charge in [-0.1, -0.05) is 55.7 Å². The normalized spacial score (nSPS) is 17.9. The largest absolute Gasteiger partial charge is 0.493 e. The van der Waals surface area contributed by atoms with Gasteiger partial charge in [-0.15, -0.1) is 0 Å². The van der Waals surface area contributed by atoms with E-state index in [0.29, 0.717) is 34.9 Å². The van der Waals surface area contributed by atoms with Crippen molar-refractivity contribution in [2.24, 2.45) is 0 Å². The Morgan fingerprint density at radius 2 is 1.76 bits per heavy atom. The summed E-state index contributed by atoms with van der Waals surface area (Å²) < 4.78 is 16.5. The summed E-state index contributed by atoms with van der Waals surface area (Å²) in [4.78, 5) is 27.9. The predicted molar refractivity (Wildman–Crippen MR) is 130 cm³/mol. The highest BCUT2D eigenvalue weighted by atomic mass is 16.5. The summed E-state index contributed by atoms with van der Waals surface area (Å²) in [5, 5.41) is 0. The molecule has 6 heteroatoms. The maximum Gasteiger partial charge on any atom is 0.340 e. The second-order valence-electron chi connectivity index (χ2n) is 8.66. The van der Waals surface area contributed by atoms with Crippen LogP contribution in [0.25, 0.3) is 6.08 Å². The molecule has 1 heterocycles. The third-order valence-corrected chi connectivity index (χ3v) is 6.51. The molecule has 34 heavy (non-hydrogen) atoms. The molecule has 2 aromatic carbocycles. The Balaban J connectivity index is 1.63. The molecule has 178 valence electrons. The predicted octanol–water partition coefficient (Wildman–Crippen LogP) is 5.28. The quantitative estimate of drug-likeness (QED) is 0.415. The van der Waals surface area contributed by atoms with Crippen molar-refractivity contribution in [2.75, 3.05) is 14.2 Å². The van der Waals surface area contributed by atoms with Crippen molar-refractivity contribution >= 4 is 18.0 Å². The van der Waals surface area contributed by atoms with Crippen LogP contribution in [0.1, 0.15) is 50.2 Å². The van der Waals surface area contributed by atoms with Gasteiger partial charge in [-0.05, 0) is 49.1 Å². The van der Waals surface area contributed by atoms with Crippen molar-refractivity contribution in [3.63, 3.8) is 0 Å². The van der Waals surface area contributed by atoms with E-state index in [-0.39, 0.29) is 11.9 Å². The molecule has 1 aliphatic carbocycles. The third-order valence-electron chi connectivity index (χ3n) is 6.51. The number of carbonyl (C=O) groups excluding carboxylic acids is 2. The van der Waals surface area contributed by atoms with Gasteiger partial charge in [-0.3, -0.25) is 4.79 Å². The Morgan fingerprint density at radius 3 is 2.44 bits per heavy atom. The van der Waals surface area contributed by atoms with E-state index in [2.05, 4.69) is 0 Å². The average molecular weight is 462 g/mol. The topological polar surface area (TPSA) is 65.1 Å². The summed E-state index contributed by atoms with van der Waals surface area (Å²) in [6.45, 7) is 2.25. The van der Waals surface area contributed by atoms with Crippen LogP contribution in [0.2, 0.25) is 0 Å². The summed E-state index contributed by atoms with van der Waals surface area (Å²) in [5.41, 5.74) is 3.16. The number of methoxy groups -OCH3 is 2. The number of esters is 1. The fourth-order valence-corrected chi connectivity index (χ4v) is 4.77. The van der Waals surface area contributed by atoms with Gasteiger partial charge in [0.25, 0.3) is 5.91 Å². The molecule has 0 N–H and O–H groups in total. The lowest BCUT2D eigenvalue weighted by Crippen LogP contribution is -2.37. The van der Waals surface area contributed by atoms with E-state index in [0.717, 1.165) is 36.8 Å². The highest BCUT2D eigenvalue weighted by Gasteiger charge is 2.40. The van der Waals surface area contributed by atoms with Crippen LogP contribution in [0.5, 0.6) is 11.5 Å². The first kappa shape index (κ1) is 23.6. The van der Waals surface area contributed by atoms with Crippen LogP contribution in [-0.2, 0) is 20.9 Å². The zero-order valence-electron chi connectivity index (χ0n) is 20.0. The minimum absolute atomic E-state index is 0.120. The van der Waals surface area contributed by atoms with Crippen molar-refractivity contribution in [3.8, 4) is 11.5 Å². The Bertz CT molecular complexity index is 1110. The van der Waals surface area contributed by atoms with E-state index >= 15 is 0 Å². The van der Waals surface area contributed by atoms with E-state index in [1.807, 2.05) is 55.5 Å². The minimum atomic E-state index is -0.495. The molecular weight excluding hydrogens is 430 g/mol. The maximum atomic E-state index is 13.5. The summed E-state index contributed by atoms with van der Waals surface area (Å²) in [5.74, 6) is 0.522. The van der Waals surface area contributed by atoms with Gasteiger partial charge in [0, 0.05) is 11.7 Å². The summed E-state index contributed by atoms with van der Waals surface area (Å²) >= 11 is 0. The second kappa shape index (κ2) is 10.6. The van der Waals surface area contributed by atoms with E-state index in [1.54, 1.807) is 18.1 Å². The molecule has 0 spiro atoms. The number of allylic oxidation sites excluding steroid dienone is 1. The van der Waals surface area contributed by atoms with Crippen molar-refractivity contribution < 1.29 is 23.8 Å². The number of carbonyl (C=O) groups is 2. The van der Waals surface area contributed by atoms with Gasteiger partial charge >= 0.3 is 5.97 Å². The molecule has 0 unspecified atom stereocenters. The molecule has 2 aromatic rings. The molecule has 0 aromatic heterocycles. The zero-order chi connectivity index (χ0) is 24.1. The molecule has 6 nitrogen and oxygen atoms in total. The Kier molecular flexibility index (Phi) is 7.36. The van der Waals surface area contributed by atoms with E-state index in [9.17, 15) is 9.59 Å². The summed E-state index contributed by atoms with van der Waals surface area (Å²) in [6, 6.07) is 15.5. The first-order valence-corrected chi connectivity index (χ1v) is 11.7. The molecule has 4 rings (SSSR count). The molecule has 2 aliphatic rings. The smallest absolute Gasteiger partial charge is 0.340 e.